The Labute approximate surface area is 66.3 Å². The standard InChI is InChI=1S/C5H12N2O3S/c1-11(8,9)7-3-5-10-4-2-6-7/h6H,2-5H2,1H3. The van der Waals surface area contributed by atoms with Crippen molar-refractivity contribution < 1.29 is 13.2 Å². The van der Waals surface area contributed by atoms with Gasteiger partial charge in [-0.25, -0.2) is 13.8 Å². The maximum atomic E-state index is 10.9. The van der Waals surface area contributed by atoms with Crippen molar-refractivity contribution in [3.8, 4) is 0 Å². The van der Waals surface area contributed by atoms with Gasteiger partial charge in [0.15, 0.2) is 0 Å². The summed E-state index contributed by atoms with van der Waals surface area (Å²) < 4.78 is 28.2. The molecule has 1 aliphatic rings. The summed E-state index contributed by atoms with van der Waals surface area (Å²) in [5, 5.41) is 0. The van der Waals surface area contributed by atoms with Gasteiger partial charge >= 0.3 is 0 Å². The van der Waals surface area contributed by atoms with E-state index >= 15 is 0 Å². The molecule has 11 heavy (non-hydrogen) atoms. The smallest absolute Gasteiger partial charge is 0.224 e. The highest BCUT2D eigenvalue weighted by Crippen LogP contribution is 1.95. The number of hydrogen-bond acceptors (Lipinski definition) is 4. The summed E-state index contributed by atoms with van der Waals surface area (Å²) in [5.41, 5.74) is 2.74. The lowest BCUT2D eigenvalue weighted by Gasteiger charge is -2.16. The molecule has 0 aliphatic carbocycles. The fraction of sp³-hybridized carbons (Fsp3) is 1.00. The molecule has 0 atom stereocenters. The van der Waals surface area contributed by atoms with Gasteiger partial charge in [0.05, 0.1) is 26.0 Å². The first-order valence-electron chi connectivity index (χ1n) is 3.39. The summed E-state index contributed by atoms with van der Waals surface area (Å²) in [7, 11) is -3.11. The molecule has 0 bridgehead atoms. The van der Waals surface area contributed by atoms with Crippen molar-refractivity contribution in [3.63, 3.8) is 0 Å². The van der Waals surface area contributed by atoms with E-state index in [-0.39, 0.29) is 0 Å². The summed E-state index contributed by atoms with van der Waals surface area (Å²) in [4.78, 5) is 0. The van der Waals surface area contributed by atoms with Gasteiger partial charge in [0.1, 0.15) is 0 Å². The first-order valence-corrected chi connectivity index (χ1v) is 5.24. The van der Waals surface area contributed by atoms with E-state index in [1.165, 1.54) is 10.7 Å². The molecule has 1 aliphatic heterocycles. The van der Waals surface area contributed by atoms with E-state index in [1.807, 2.05) is 0 Å². The molecule has 1 rings (SSSR count). The topological polar surface area (TPSA) is 58.6 Å². The zero-order valence-corrected chi connectivity index (χ0v) is 7.23. The molecule has 0 unspecified atom stereocenters. The Morgan fingerprint density at radius 2 is 2.18 bits per heavy atom. The summed E-state index contributed by atoms with van der Waals surface area (Å²) in [6, 6.07) is 0. The fourth-order valence-corrected chi connectivity index (χ4v) is 1.59. The molecule has 5 nitrogen and oxygen atoms in total. The molecule has 66 valence electrons. The van der Waals surface area contributed by atoms with Crippen LogP contribution in [0, 0.1) is 0 Å². The summed E-state index contributed by atoms with van der Waals surface area (Å²) in [6.45, 7) is 1.96. The van der Waals surface area contributed by atoms with Crippen LogP contribution in [0.3, 0.4) is 0 Å². The molecule has 1 N–H and O–H groups in total. The Morgan fingerprint density at radius 1 is 1.45 bits per heavy atom. The van der Waals surface area contributed by atoms with Crippen LogP contribution in [0.1, 0.15) is 0 Å². The number of hydrogen-bond donors (Lipinski definition) is 1. The van der Waals surface area contributed by atoms with Crippen molar-refractivity contribution in [2.45, 2.75) is 0 Å². The van der Waals surface area contributed by atoms with Gasteiger partial charge in [0.25, 0.3) is 0 Å². The second-order valence-corrected chi connectivity index (χ2v) is 4.26. The first-order chi connectivity index (χ1) is 5.11. The highest BCUT2D eigenvalue weighted by atomic mass is 32.2. The molecule has 0 spiro atoms. The van der Waals surface area contributed by atoms with Gasteiger partial charge in [0, 0.05) is 6.54 Å². The number of rotatable bonds is 1. The number of hydrazine groups is 1. The molecular weight excluding hydrogens is 168 g/mol. The quantitative estimate of drug-likeness (QED) is 0.549. The number of nitrogens with one attached hydrogen (secondary N) is 1. The highest BCUT2D eigenvalue weighted by Gasteiger charge is 2.17. The Morgan fingerprint density at radius 3 is 2.82 bits per heavy atom. The molecule has 0 aromatic rings. The second kappa shape index (κ2) is 3.48. The predicted molar refractivity (Wildman–Crippen MR) is 40.4 cm³/mol. The molecular formula is C5H12N2O3S. The predicted octanol–water partition coefficient (Wildman–Crippen LogP) is -1.22. The van der Waals surface area contributed by atoms with E-state index in [2.05, 4.69) is 5.43 Å². The highest BCUT2D eigenvalue weighted by molar-refractivity contribution is 7.88. The van der Waals surface area contributed by atoms with Gasteiger partial charge in [-0.05, 0) is 0 Å². The molecule has 1 saturated heterocycles. The second-order valence-electron chi connectivity index (χ2n) is 2.36. The zero-order chi connectivity index (χ0) is 8.32. The van der Waals surface area contributed by atoms with Gasteiger partial charge in [-0.2, -0.15) is 0 Å². The van der Waals surface area contributed by atoms with Crippen LogP contribution < -0.4 is 5.43 Å². The lowest BCUT2D eigenvalue weighted by Crippen LogP contribution is -2.42. The molecule has 1 heterocycles. The monoisotopic (exact) mass is 180 g/mol. The third-order valence-corrected chi connectivity index (χ3v) is 2.49. The van der Waals surface area contributed by atoms with Crippen LogP contribution in [0.2, 0.25) is 0 Å². The maximum absolute atomic E-state index is 10.9. The Hall–Kier alpha value is -0.170. The summed E-state index contributed by atoms with van der Waals surface area (Å²) in [6.07, 6.45) is 1.17. The summed E-state index contributed by atoms with van der Waals surface area (Å²) >= 11 is 0. The average Bonchev–Trinajstić information content (AvgIpc) is 2.10. The van der Waals surface area contributed by atoms with Crippen LogP contribution in [0.5, 0.6) is 0 Å². The number of ether oxygens (including phenoxy) is 1. The third-order valence-electron chi connectivity index (χ3n) is 1.37. The van der Waals surface area contributed by atoms with Gasteiger partial charge in [-0.3, -0.25) is 0 Å². The van der Waals surface area contributed by atoms with Gasteiger partial charge in [-0.15, -0.1) is 4.41 Å². The zero-order valence-electron chi connectivity index (χ0n) is 6.41. The van der Waals surface area contributed by atoms with E-state index in [9.17, 15) is 8.42 Å². The van der Waals surface area contributed by atoms with E-state index in [4.69, 9.17) is 4.74 Å². The van der Waals surface area contributed by atoms with E-state index in [0.29, 0.717) is 26.3 Å². The SMILES string of the molecule is CS(=O)(=O)N1CCOCCN1. The summed E-state index contributed by atoms with van der Waals surface area (Å²) in [5.74, 6) is 0. The molecule has 0 radical (unpaired) electrons. The molecule has 1 fully saturated rings. The maximum Gasteiger partial charge on any atom is 0.224 e. The van der Waals surface area contributed by atoms with Crippen LogP contribution in [-0.2, 0) is 14.8 Å². The molecule has 0 amide bonds. The van der Waals surface area contributed by atoms with Crippen molar-refractivity contribution in [2.24, 2.45) is 0 Å². The van der Waals surface area contributed by atoms with E-state index < -0.39 is 10.0 Å². The van der Waals surface area contributed by atoms with Crippen molar-refractivity contribution >= 4 is 10.0 Å². The van der Waals surface area contributed by atoms with Crippen LogP contribution in [0.15, 0.2) is 0 Å². The molecule has 0 saturated carbocycles. The first kappa shape index (κ1) is 8.92. The van der Waals surface area contributed by atoms with Crippen molar-refractivity contribution in [1.29, 1.82) is 0 Å². The largest absolute Gasteiger partial charge is 0.379 e. The number of nitrogens with zero attached hydrogens (tertiary/aromatic N) is 1. The van der Waals surface area contributed by atoms with Crippen LogP contribution in [0.25, 0.3) is 0 Å². The molecule has 0 aromatic carbocycles. The molecule has 0 aromatic heterocycles. The minimum Gasteiger partial charge on any atom is -0.379 e. The van der Waals surface area contributed by atoms with Gasteiger partial charge in [0.2, 0.25) is 10.0 Å². The minimum atomic E-state index is -3.11. The lowest BCUT2D eigenvalue weighted by atomic mass is 10.7. The number of sulfonamides is 1. The fourth-order valence-electron chi connectivity index (χ4n) is 0.854. The normalized spacial score (nSPS) is 23.0. The van der Waals surface area contributed by atoms with Crippen molar-refractivity contribution in [2.75, 3.05) is 32.6 Å². The van der Waals surface area contributed by atoms with Crippen LogP contribution in [-0.4, -0.2) is 45.4 Å². The van der Waals surface area contributed by atoms with Gasteiger partial charge < -0.3 is 4.74 Å². The van der Waals surface area contributed by atoms with E-state index in [1.54, 1.807) is 0 Å². The third kappa shape index (κ3) is 2.74. The average molecular weight is 180 g/mol. The van der Waals surface area contributed by atoms with Gasteiger partial charge in [-0.1, -0.05) is 0 Å². The van der Waals surface area contributed by atoms with Crippen molar-refractivity contribution in [1.82, 2.24) is 9.84 Å². The lowest BCUT2D eigenvalue weighted by molar-refractivity contribution is 0.154. The van der Waals surface area contributed by atoms with Crippen LogP contribution >= 0.6 is 0 Å². The Balaban J connectivity index is 2.57. The van der Waals surface area contributed by atoms with Crippen molar-refractivity contribution in [3.05, 3.63) is 0 Å². The Kier molecular flexibility index (Phi) is 2.83. The molecule has 6 heteroatoms. The van der Waals surface area contributed by atoms with Crippen LogP contribution in [0.4, 0.5) is 0 Å². The van der Waals surface area contributed by atoms with E-state index in [0.717, 1.165) is 0 Å². The Bertz CT molecular complexity index is 206. The minimum absolute atomic E-state index is 0.388.